The van der Waals surface area contributed by atoms with E-state index in [1.807, 2.05) is 13.7 Å². The van der Waals surface area contributed by atoms with Crippen LogP contribution in [0.15, 0.2) is 12.1 Å². The van der Waals surface area contributed by atoms with Crippen LogP contribution in [0.2, 0.25) is 6.82 Å². The van der Waals surface area contributed by atoms with Crippen LogP contribution in [-0.4, -0.2) is 30.0 Å². The summed E-state index contributed by atoms with van der Waals surface area (Å²) in [4.78, 5) is 2.10. The largest absolute Gasteiger partial charge is 0.437 e. The van der Waals surface area contributed by atoms with E-state index >= 15 is 0 Å². The molecule has 0 amide bonds. The molecule has 0 aliphatic carbocycles. The summed E-state index contributed by atoms with van der Waals surface area (Å²) in [5, 5.41) is 9.59. The standard InChI is InChI=1S/C12H19BN2O/c1-9-7-10-3-5-15(13(2)16)6-4-11(10)8-12(9)14/h7-8,16H,3-6,14H2,1-2H3. The van der Waals surface area contributed by atoms with Crippen molar-refractivity contribution >= 4 is 12.7 Å². The van der Waals surface area contributed by atoms with Crippen molar-refractivity contribution in [3.63, 3.8) is 0 Å². The Hall–Kier alpha value is -0.995. The number of nitrogens with two attached hydrogens (primary N) is 1. The van der Waals surface area contributed by atoms with Gasteiger partial charge in [-0.2, -0.15) is 0 Å². The maximum Gasteiger partial charge on any atom is 0.376 e. The molecule has 0 saturated carbocycles. The molecule has 1 aromatic carbocycles. The molecular formula is C12H19BN2O. The summed E-state index contributed by atoms with van der Waals surface area (Å²) in [6.45, 7) is 5.71. The van der Waals surface area contributed by atoms with Crippen LogP contribution in [0.5, 0.6) is 0 Å². The number of nitrogen functional groups attached to an aromatic ring is 1. The third-order valence-corrected chi connectivity index (χ3v) is 3.45. The Bertz CT molecular complexity index is 360. The van der Waals surface area contributed by atoms with E-state index in [-0.39, 0.29) is 7.05 Å². The van der Waals surface area contributed by atoms with Crippen LogP contribution in [-0.2, 0) is 12.8 Å². The molecule has 0 fully saturated rings. The Morgan fingerprint density at radius 1 is 1.25 bits per heavy atom. The van der Waals surface area contributed by atoms with Gasteiger partial charge in [-0.15, -0.1) is 0 Å². The minimum atomic E-state index is -0.354. The van der Waals surface area contributed by atoms with E-state index < -0.39 is 0 Å². The molecule has 0 unspecified atom stereocenters. The van der Waals surface area contributed by atoms with Crippen molar-refractivity contribution in [3.8, 4) is 0 Å². The molecule has 4 heteroatoms. The minimum Gasteiger partial charge on any atom is -0.437 e. The number of hydrogen-bond acceptors (Lipinski definition) is 3. The number of aryl methyl sites for hydroxylation is 1. The van der Waals surface area contributed by atoms with E-state index in [1.54, 1.807) is 0 Å². The molecule has 1 aliphatic heterocycles. The van der Waals surface area contributed by atoms with E-state index in [0.29, 0.717) is 0 Å². The first-order chi connectivity index (χ1) is 7.58. The van der Waals surface area contributed by atoms with Crippen LogP contribution >= 0.6 is 0 Å². The van der Waals surface area contributed by atoms with Gasteiger partial charge in [0.1, 0.15) is 0 Å². The third-order valence-electron chi connectivity index (χ3n) is 3.45. The monoisotopic (exact) mass is 218 g/mol. The van der Waals surface area contributed by atoms with E-state index in [2.05, 4.69) is 16.9 Å². The average molecular weight is 218 g/mol. The van der Waals surface area contributed by atoms with Gasteiger partial charge in [0.15, 0.2) is 0 Å². The van der Waals surface area contributed by atoms with Crippen LogP contribution in [0.3, 0.4) is 0 Å². The Balaban J connectivity index is 2.24. The van der Waals surface area contributed by atoms with Gasteiger partial charge in [0.05, 0.1) is 0 Å². The quantitative estimate of drug-likeness (QED) is 0.548. The first-order valence-corrected chi connectivity index (χ1v) is 5.88. The van der Waals surface area contributed by atoms with Crippen LogP contribution < -0.4 is 5.73 Å². The van der Waals surface area contributed by atoms with Gasteiger partial charge >= 0.3 is 7.05 Å². The fourth-order valence-corrected chi connectivity index (χ4v) is 2.31. The Morgan fingerprint density at radius 2 is 1.81 bits per heavy atom. The molecule has 0 atom stereocenters. The second-order valence-electron chi connectivity index (χ2n) is 4.65. The molecule has 0 spiro atoms. The maximum absolute atomic E-state index is 9.59. The lowest BCUT2D eigenvalue weighted by molar-refractivity contribution is 0.379. The van der Waals surface area contributed by atoms with E-state index in [9.17, 15) is 5.02 Å². The van der Waals surface area contributed by atoms with Crippen molar-refractivity contribution in [2.45, 2.75) is 26.6 Å². The zero-order valence-electron chi connectivity index (χ0n) is 10.0. The minimum absolute atomic E-state index is 0.354. The highest BCUT2D eigenvalue weighted by molar-refractivity contribution is 6.45. The SMILES string of the molecule is CB(O)N1CCc2cc(C)c(N)cc2CC1. The van der Waals surface area contributed by atoms with Crippen LogP contribution in [0, 0.1) is 6.92 Å². The van der Waals surface area contributed by atoms with Crippen molar-refractivity contribution in [1.82, 2.24) is 4.81 Å². The molecule has 0 bridgehead atoms. The summed E-state index contributed by atoms with van der Waals surface area (Å²) in [7, 11) is -0.354. The lowest BCUT2D eigenvalue weighted by atomic mass is 9.85. The molecule has 0 radical (unpaired) electrons. The number of anilines is 1. The first-order valence-electron chi connectivity index (χ1n) is 5.88. The van der Waals surface area contributed by atoms with Crippen molar-refractivity contribution in [2.24, 2.45) is 0 Å². The predicted octanol–water partition coefficient (Wildman–Crippen LogP) is 1.09. The summed E-state index contributed by atoms with van der Waals surface area (Å²) < 4.78 is 0. The van der Waals surface area contributed by atoms with Crippen molar-refractivity contribution in [2.75, 3.05) is 18.8 Å². The van der Waals surface area contributed by atoms with E-state index in [1.165, 1.54) is 11.1 Å². The topological polar surface area (TPSA) is 49.5 Å². The number of rotatable bonds is 1. The van der Waals surface area contributed by atoms with Crippen LogP contribution in [0.1, 0.15) is 16.7 Å². The number of hydrogen-bond donors (Lipinski definition) is 2. The highest BCUT2D eigenvalue weighted by Gasteiger charge is 2.20. The summed E-state index contributed by atoms with van der Waals surface area (Å²) in [5.41, 5.74) is 10.7. The fraction of sp³-hybridized carbons (Fsp3) is 0.500. The van der Waals surface area contributed by atoms with Gasteiger partial charge in [0.25, 0.3) is 0 Å². The summed E-state index contributed by atoms with van der Waals surface area (Å²) in [5.74, 6) is 0. The molecule has 16 heavy (non-hydrogen) atoms. The normalized spacial score (nSPS) is 16.7. The zero-order chi connectivity index (χ0) is 11.7. The van der Waals surface area contributed by atoms with E-state index in [0.717, 1.165) is 37.2 Å². The average Bonchev–Trinajstić information content (AvgIpc) is 2.41. The molecule has 3 nitrogen and oxygen atoms in total. The molecule has 3 N–H and O–H groups in total. The van der Waals surface area contributed by atoms with Crippen molar-refractivity contribution < 1.29 is 5.02 Å². The van der Waals surface area contributed by atoms with E-state index in [4.69, 9.17) is 5.73 Å². The van der Waals surface area contributed by atoms with Crippen LogP contribution in [0.25, 0.3) is 0 Å². The third kappa shape index (κ3) is 2.23. The zero-order valence-corrected chi connectivity index (χ0v) is 10.0. The molecular weight excluding hydrogens is 199 g/mol. The van der Waals surface area contributed by atoms with Gasteiger partial charge in [-0.1, -0.05) is 6.07 Å². The maximum atomic E-state index is 9.59. The van der Waals surface area contributed by atoms with Gasteiger partial charge in [0.2, 0.25) is 0 Å². The molecule has 1 aliphatic rings. The molecule has 86 valence electrons. The first kappa shape index (κ1) is 11.5. The summed E-state index contributed by atoms with van der Waals surface area (Å²) >= 11 is 0. The molecule has 1 aromatic rings. The predicted molar refractivity (Wildman–Crippen MR) is 68.4 cm³/mol. The Labute approximate surface area is 97.4 Å². The van der Waals surface area contributed by atoms with Gasteiger partial charge in [-0.25, -0.2) is 0 Å². The number of nitrogens with zero attached hydrogens (tertiary/aromatic N) is 1. The molecule has 2 rings (SSSR count). The molecule has 0 saturated heterocycles. The van der Waals surface area contributed by atoms with Gasteiger partial charge in [-0.3, -0.25) is 0 Å². The van der Waals surface area contributed by atoms with Crippen molar-refractivity contribution in [3.05, 3.63) is 28.8 Å². The van der Waals surface area contributed by atoms with Crippen LogP contribution in [0.4, 0.5) is 5.69 Å². The second-order valence-corrected chi connectivity index (χ2v) is 4.65. The number of benzene rings is 1. The van der Waals surface area contributed by atoms with Crippen molar-refractivity contribution in [1.29, 1.82) is 0 Å². The van der Waals surface area contributed by atoms with Gasteiger partial charge in [0, 0.05) is 5.69 Å². The highest BCUT2D eigenvalue weighted by Crippen LogP contribution is 2.22. The summed E-state index contributed by atoms with van der Waals surface area (Å²) in [6, 6.07) is 4.28. The van der Waals surface area contributed by atoms with Gasteiger partial charge in [-0.05, 0) is 62.4 Å². The lowest BCUT2D eigenvalue weighted by Crippen LogP contribution is -2.38. The molecule has 1 heterocycles. The Kier molecular flexibility index (Phi) is 3.21. The van der Waals surface area contributed by atoms with Gasteiger partial charge < -0.3 is 15.6 Å². The smallest absolute Gasteiger partial charge is 0.376 e. The fourth-order valence-electron chi connectivity index (χ4n) is 2.31. The summed E-state index contributed by atoms with van der Waals surface area (Å²) in [6.07, 6.45) is 1.98. The molecule has 0 aromatic heterocycles. The highest BCUT2D eigenvalue weighted by atomic mass is 16.2. The Morgan fingerprint density at radius 3 is 2.38 bits per heavy atom. The number of fused-ring (bicyclic) bond motifs is 1. The second kappa shape index (κ2) is 4.48. The lowest BCUT2D eigenvalue weighted by Gasteiger charge is -2.19.